The highest BCUT2D eigenvalue weighted by Crippen LogP contribution is 2.39. The van der Waals surface area contributed by atoms with E-state index in [1.54, 1.807) is 12.3 Å². The Morgan fingerprint density at radius 1 is 1.24 bits per heavy atom. The molecule has 1 fully saturated rings. The van der Waals surface area contributed by atoms with Crippen LogP contribution in [0.2, 0.25) is 0 Å². The van der Waals surface area contributed by atoms with Gasteiger partial charge in [-0.25, -0.2) is 9.97 Å². The van der Waals surface area contributed by atoms with Crippen LogP contribution in [0.15, 0.2) is 61.1 Å². The standard InChI is InChI=1S/C29H34N6O2/c1-5-37-27-11-8-20-6-7-21(14-24(20)28(27)32-17-19(2)16-30)23-15-22(35(3)4)9-10-25(23)34-29(36)26-12-13-31-18-33-26/h6-8,11-14,18,22-23,25,32H,2,5,9-10,15,17H2,1,3-4H3,(H,34,36)/t22-,23-,25-/m0/s1. The zero-order valence-corrected chi connectivity index (χ0v) is 21.7. The second kappa shape index (κ2) is 11.8. The fourth-order valence-corrected chi connectivity index (χ4v) is 5.07. The van der Waals surface area contributed by atoms with Gasteiger partial charge >= 0.3 is 0 Å². The largest absolute Gasteiger partial charge is 0.492 e. The normalized spacial score (nSPS) is 19.3. The monoisotopic (exact) mass is 498 g/mol. The van der Waals surface area contributed by atoms with E-state index in [9.17, 15) is 10.1 Å². The van der Waals surface area contributed by atoms with Gasteiger partial charge in [-0.3, -0.25) is 4.79 Å². The maximum atomic E-state index is 13.0. The molecule has 192 valence electrons. The Hall–Kier alpha value is -3.96. The molecule has 0 radical (unpaired) electrons. The van der Waals surface area contributed by atoms with E-state index in [2.05, 4.69) is 70.4 Å². The second-order valence-electron chi connectivity index (χ2n) is 9.63. The highest BCUT2D eigenvalue weighted by molar-refractivity contribution is 5.97. The summed E-state index contributed by atoms with van der Waals surface area (Å²) in [5.41, 5.74) is 2.82. The van der Waals surface area contributed by atoms with Gasteiger partial charge in [-0.05, 0) is 69.4 Å². The highest BCUT2D eigenvalue weighted by Gasteiger charge is 2.34. The molecule has 0 unspecified atom stereocenters. The lowest BCUT2D eigenvalue weighted by Gasteiger charge is -2.39. The quantitative estimate of drug-likeness (QED) is 0.418. The van der Waals surface area contributed by atoms with E-state index in [0.717, 1.165) is 47.0 Å². The summed E-state index contributed by atoms with van der Waals surface area (Å²) in [5, 5.41) is 17.9. The van der Waals surface area contributed by atoms with Gasteiger partial charge in [0, 0.05) is 41.7 Å². The molecule has 0 spiro atoms. The van der Waals surface area contributed by atoms with Gasteiger partial charge in [-0.15, -0.1) is 0 Å². The molecule has 2 N–H and O–H groups in total. The number of carbonyl (C=O) groups is 1. The summed E-state index contributed by atoms with van der Waals surface area (Å²) in [4.78, 5) is 23.3. The molecule has 1 aliphatic carbocycles. The SMILES string of the molecule is C=C(C#N)CNc1c(OCC)ccc2ccc([C@@H]3C[C@@H](N(C)C)CC[C@@H]3NC(=O)c3ccncn3)cc12. The molecule has 8 heteroatoms. The van der Waals surface area contributed by atoms with Crippen LogP contribution in [0.5, 0.6) is 5.75 Å². The number of fused-ring (bicyclic) bond motifs is 1. The number of rotatable bonds is 9. The number of nitriles is 1. The predicted molar refractivity (Wildman–Crippen MR) is 146 cm³/mol. The van der Waals surface area contributed by atoms with E-state index >= 15 is 0 Å². The molecule has 1 amide bonds. The van der Waals surface area contributed by atoms with Crippen molar-refractivity contribution >= 4 is 22.4 Å². The summed E-state index contributed by atoms with van der Waals surface area (Å²) in [5.74, 6) is 0.674. The molecule has 37 heavy (non-hydrogen) atoms. The molecule has 0 bridgehead atoms. The van der Waals surface area contributed by atoms with Crippen LogP contribution in [0.25, 0.3) is 10.8 Å². The van der Waals surface area contributed by atoms with Crippen LogP contribution < -0.4 is 15.4 Å². The van der Waals surface area contributed by atoms with Crippen molar-refractivity contribution < 1.29 is 9.53 Å². The van der Waals surface area contributed by atoms with Crippen molar-refractivity contribution in [3.05, 3.63) is 72.3 Å². The lowest BCUT2D eigenvalue weighted by Crippen LogP contribution is -2.46. The van der Waals surface area contributed by atoms with E-state index in [-0.39, 0.29) is 17.9 Å². The second-order valence-corrected chi connectivity index (χ2v) is 9.63. The molecule has 1 saturated carbocycles. The summed E-state index contributed by atoms with van der Waals surface area (Å²) in [6, 6.07) is 14.6. The van der Waals surface area contributed by atoms with Crippen LogP contribution >= 0.6 is 0 Å². The fraction of sp³-hybridized carbons (Fsp3) is 0.379. The van der Waals surface area contributed by atoms with E-state index in [1.165, 1.54) is 6.33 Å². The van der Waals surface area contributed by atoms with E-state index in [4.69, 9.17) is 4.74 Å². The van der Waals surface area contributed by atoms with Crippen LogP contribution in [0.1, 0.15) is 48.2 Å². The molecular formula is C29H34N6O2. The smallest absolute Gasteiger partial charge is 0.270 e. The Bertz CT molecular complexity index is 1300. The number of hydrogen-bond acceptors (Lipinski definition) is 7. The molecule has 0 aliphatic heterocycles. The van der Waals surface area contributed by atoms with Gasteiger partial charge in [0.1, 0.15) is 17.8 Å². The zero-order chi connectivity index (χ0) is 26.4. The third-order valence-corrected chi connectivity index (χ3v) is 7.06. The molecular weight excluding hydrogens is 464 g/mol. The van der Waals surface area contributed by atoms with Crippen molar-refractivity contribution in [1.82, 2.24) is 20.2 Å². The van der Waals surface area contributed by atoms with Crippen molar-refractivity contribution in [2.45, 2.75) is 44.2 Å². The van der Waals surface area contributed by atoms with Crippen molar-refractivity contribution in [3.63, 3.8) is 0 Å². The van der Waals surface area contributed by atoms with Crippen molar-refractivity contribution in [1.29, 1.82) is 5.26 Å². The van der Waals surface area contributed by atoms with E-state index in [0.29, 0.717) is 30.5 Å². The first-order valence-electron chi connectivity index (χ1n) is 12.7. The van der Waals surface area contributed by atoms with Gasteiger partial charge in [-0.1, -0.05) is 24.8 Å². The molecule has 2 aromatic carbocycles. The van der Waals surface area contributed by atoms with Gasteiger partial charge in [0.25, 0.3) is 5.91 Å². The van der Waals surface area contributed by atoms with Crippen molar-refractivity contribution in [3.8, 4) is 11.8 Å². The minimum Gasteiger partial charge on any atom is -0.492 e. The number of amides is 1. The average molecular weight is 499 g/mol. The van der Waals surface area contributed by atoms with Crippen LogP contribution in [0, 0.1) is 11.3 Å². The summed E-state index contributed by atoms with van der Waals surface area (Å²) < 4.78 is 5.92. The minimum absolute atomic E-state index is 0.0269. The van der Waals surface area contributed by atoms with Gasteiger partial charge in [-0.2, -0.15) is 5.26 Å². The lowest BCUT2D eigenvalue weighted by atomic mass is 9.76. The molecule has 8 nitrogen and oxygen atoms in total. The molecule has 4 rings (SSSR count). The zero-order valence-electron chi connectivity index (χ0n) is 21.7. The Morgan fingerprint density at radius 3 is 2.76 bits per heavy atom. The van der Waals surface area contributed by atoms with Gasteiger partial charge < -0.3 is 20.3 Å². The number of ether oxygens (including phenoxy) is 1. The maximum absolute atomic E-state index is 13.0. The topological polar surface area (TPSA) is 103 Å². The number of benzene rings is 2. The maximum Gasteiger partial charge on any atom is 0.270 e. The summed E-state index contributed by atoms with van der Waals surface area (Å²) in [6.07, 6.45) is 5.77. The molecule has 1 heterocycles. The van der Waals surface area contributed by atoms with Gasteiger partial charge in [0.2, 0.25) is 0 Å². The molecule has 1 aromatic heterocycles. The Labute approximate surface area is 218 Å². The first kappa shape index (κ1) is 26.1. The minimum atomic E-state index is -0.183. The van der Waals surface area contributed by atoms with E-state index < -0.39 is 0 Å². The summed E-state index contributed by atoms with van der Waals surface area (Å²) in [6.45, 7) is 6.62. The number of aromatic nitrogens is 2. The Balaban J connectivity index is 1.72. The van der Waals surface area contributed by atoms with Crippen LogP contribution in [-0.4, -0.2) is 60.1 Å². The lowest BCUT2D eigenvalue weighted by molar-refractivity contribution is 0.0898. The fourth-order valence-electron chi connectivity index (χ4n) is 5.07. The number of hydrogen-bond donors (Lipinski definition) is 2. The number of nitrogens with one attached hydrogen (secondary N) is 2. The number of anilines is 1. The van der Waals surface area contributed by atoms with Crippen LogP contribution in [0.3, 0.4) is 0 Å². The van der Waals surface area contributed by atoms with Crippen LogP contribution in [-0.2, 0) is 0 Å². The first-order valence-corrected chi connectivity index (χ1v) is 12.7. The third-order valence-electron chi connectivity index (χ3n) is 7.06. The molecule has 3 atom stereocenters. The van der Waals surface area contributed by atoms with Crippen molar-refractivity contribution in [2.24, 2.45) is 0 Å². The van der Waals surface area contributed by atoms with Crippen molar-refractivity contribution in [2.75, 3.05) is 32.6 Å². The Kier molecular flexibility index (Phi) is 8.36. The molecule has 3 aromatic rings. The predicted octanol–water partition coefficient (Wildman–Crippen LogP) is 4.52. The first-order chi connectivity index (χ1) is 17.9. The summed E-state index contributed by atoms with van der Waals surface area (Å²) in [7, 11) is 4.22. The van der Waals surface area contributed by atoms with Crippen LogP contribution in [0.4, 0.5) is 5.69 Å². The van der Waals surface area contributed by atoms with Gasteiger partial charge in [0.15, 0.2) is 0 Å². The third kappa shape index (κ3) is 6.07. The number of nitrogens with zero attached hydrogens (tertiary/aromatic N) is 4. The average Bonchev–Trinajstić information content (AvgIpc) is 2.92. The van der Waals surface area contributed by atoms with Gasteiger partial charge in [0.05, 0.1) is 18.4 Å². The Morgan fingerprint density at radius 2 is 2.05 bits per heavy atom. The molecule has 0 saturated heterocycles. The number of carbonyl (C=O) groups excluding carboxylic acids is 1. The molecule has 1 aliphatic rings. The van der Waals surface area contributed by atoms with E-state index in [1.807, 2.05) is 19.1 Å². The highest BCUT2D eigenvalue weighted by atomic mass is 16.5. The summed E-state index contributed by atoms with van der Waals surface area (Å²) >= 11 is 0.